The smallest absolute Gasteiger partial charge is 0.234 e. The van der Waals surface area contributed by atoms with Crippen molar-refractivity contribution < 1.29 is 9.90 Å². The van der Waals surface area contributed by atoms with Gasteiger partial charge in [-0.2, -0.15) is 0 Å². The Bertz CT molecular complexity index is 635. The van der Waals surface area contributed by atoms with Crippen molar-refractivity contribution in [3.8, 4) is 0 Å². The highest BCUT2D eigenvalue weighted by Gasteiger charge is 2.29. The zero-order chi connectivity index (χ0) is 15.5. The summed E-state index contributed by atoms with van der Waals surface area (Å²) in [5.74, 6) is -0.111. The molecule has 0 atom stereocenters. The average molecular weight is 304 g/mol. The van der Waals surface area contributed by atoms with E-state index in [-0.39, 0.29) is 12.5 Å². The van der Waals surface area contributed by atoms with Crippen molar-refractivity contribution in [1.29, 1.82) is 0 Å². The van der Waals surface area contributed by atoms with E-state index in [1.165, 1.54) is 0 Å². The van der Waals surface area contributed by atoms with Gasteiger partial charge in [0.15, 0.2) is 0 Å². The van der Waals surface area contributed by atoms with Crippen molar-refractivity contribution in [2.45, 2.75) is 25.9 Å². The number of hydrogen-bond donors (Lipinski definition) is 2. The Balaban J connectivity index is 2.19. The Morgan fingerprint density at radius 2 is 1.86 bits per heavy atom. The third kappa shape index (κ3) is 3.63. The van der Waals surface area contributed by atoms with Gasteiger partial charge in [0.25, 0.3) is 0 Å². The van der Waals surface area contributed by atoms with E-state index in [1.54, 1.807) is 36.4 Å². The normalized spacial score (nSPS) is 11.2. The van der Waals surface area contributed by atoms with E-state index in [1.807, 2.05) is 26.0 Å². The van der Waals surface area contributed by atoms with Crippen LogP contribution in [0.25, 0.3) is 0 Å². The van der Waals surface area contributed by atoms with Crippen LogP contribution in [0.4, 0.5) is 5.69 Å². The van der Waals surface area contributed by atoms with Gasteiger partial charge in [-0.05, 0) is 49.2 Å². The van der Waals surface area contributed by atoms with Crippen LogP contribution in [0.5, 0.6) is 0 Å². The number of benzene rings is 2. The summed E-state index contributed by atoms with van der Waals surface area (Å²) < 4.78 is 0. The fourth-order valence-electron chi connectivity index (χ4n) is 2.03. The summed E-state index contributed by atoms with van der Waals surface area (Å²) in [6.07, 6.45) is 0. The molecule has 2 aromatic rings. The Morgan fingerprint density at radius 3 is 2.48 bits per heavy atom. The SMILES string of the molecule is CC(C)(C(=O)Nc1cccc(CO)c1)c1ccc(Cl)cc1. The molecule has 110 valence electrons. The second-order valence-corrected chi connectivity index (χ2v) is 5.88. The highest BCUT2D eigenvalue weighted by molar-refractivity contribution is 6.30. The molecule has 0 aliphatic carbocycles. The standard InChI is InChI=1S/C17H18ClNO2/c1-17(2,13-6-8-14(18)9-7-13)16(21)19-15-5-3-4-12(10-15)11-20/h3-10,20H,11H2,1-2H3,(H,19,21). The molecule has 0 unspecified atom stereocenters. The maximum atomic E-state index is 12.5. The second kappa shape index (κ2) is 6.29. The maximum absolute atomic E-state index is 12.5. The van der Waals surface area contributed by atoms with Crippen LogP contribution in [0.15, 0.2) is 48.5 Å². The number of carbonyl (C=O) groups excluding carboxylic acids is 1. The third-order valence-corrected chi connectivity index (χ3v) is 3.75. The Labute approximate surface area is 129 Å². The lowest BCUT2D eigenvalue weighted by atomic mass is 9.83. The van der Waals surface area contributed by atoms with Gasteiger partial charge in [0.2, 0.25) is 5.91 Å². The molecular weight excluding hydrogens is 286 g/mol. The molecule has 0 bridgehead atoms. The van der Waals surface area contributed by atoms with Gasteiger partial charge in [0.05, 0.1) is 12.0 Å². The van der Waals surface area contributed by atoms with Crippen LogP contribution in [-0.4, -0.2) is 11.0 Å². The van der Waals surface area contributed by atoms with E-state index in [4.69, 9.17) is 16.7 Å². The van der Waals surface area contributed by atoms with Gasteiger partial charge in [0.1, 0.15) is 0 Å². The Hall–Kier alpha value is -1.84. The van der Waals surface area contributed by atoms with Crippen LogP contribution in [0, 0.1) is 0 Å². The number of nitrogens with one attached hydrogen (secondary N) is 1. The minimum absolute atomic E-state index is 0.0513. The van der Waals surface area contributed by atoms with E-state index < -0.39 is 5.41 Å². The summed E-state index contributed by atoms with van der Waals surface area (Å²) in [5, 5.41) is 12.7. The van der Waals surface area contributed by atoms with E-state index in [2.05, 4.69) is 5.32 Å². The monoisotopic (exact) mass is 303 g/mol. The summed E-state index contributed by atoms with van der Waals surface area (Å²) in [6.45, 7) is 3.67. The number of halogens is 1. The molecule has 0 saturated heterocycles. The fourth-order valence-corrected chi connectivity index (χ4v) is 2.16. The molecular formula is C17H18ClNO2. The van der Waals surface area contributed by atoms with Crippen LogP contribution in [0.2, 0.25) is 5.02 Å². The van der Waals surface area contributed by atoms with Crippen molar-refractivity contribution in [3.05, 3.63) is 64.7 Å². The minimum atomic E-state index is -0.681. The number of aliphatic hydroxyl groups is 1. The predicted molar refractivity (Wildman–Crippen MR) is 85.5 cm³/mol. The van der Waals surface area contributed by atoms with Gasteiger partial charge in [-0.25, -0.2) is 0 Å². The van der Waals surface area contributed by atoms with Crippen molar-refractivity contribution in [1.82, 2.24) is 0 Å². The van der Waals surface area contributed by atoms with Crippen LogP contribution < -0.4 is 5.32 Å². The first-order chi connectivity index (χ1) is 9.93. The highest BCUT2D eigenvalue weighted by atomic mass is 35.5. The summed E-state index contributed by atoms with van der Waals surface area (Å²) in [5.41, 5.74) is 1.65. The molecule has 2 rings (SSSR count). The molecule has 1 amide bonds. The summed E-state index contributed by atoms with van der Waals surface area (Å²) in [7, 11) is 0. The lowest BCUT2D eigenvalue weighted by Gasteiger charge is -2.24. The van der Waals surface area contributed by atoms with Crippen LogP contribution in [0.3, 0.4) is 0 Å². The molecule has 0 radical (unpaired) electrons. The maximum Gasteiger partial charge on any atom is 0.234 e. The first-order valence-corrected chi connectivity index (χ1v) is 7.08. The van der Waals surface area contributed by atoms with Crippen molar-refractivity contribution >= 4 is 23.2 Å². The minimum Gasteiger partial charge on any atom is -0.392 e. The second-order valence-electron chi connectivity index (χ2n) is 5.44. The van der Waals surface area contributed by atoms with E-state index in [0.717, 1.165) is 11.1 Å². The molecule has 0 saturated carbocycles. The van der Waals surface area contributed by atoms with E-state index in [9.17, 15) is 4.79 Å². The third-order valence-electron chi connectivity index (χ3n) is 3.50. The highest BCUT2D eigenvalue weighted by Crippen LogP contribution is 2.26. The van der Waals surface area contributed by atoms with Crippen LogP contribution >= 0.6 is 11.6 Å². The molecule has 3 nitrogen and oxygen atoms in total. The molecule has 2 N–H and O–H groups in total. The molecule has 0 aliphatic heterocycles. The lowest BCUT2D eigenvalue weighted by molar-refractivity contribution is -0.120. The zero-order valence-corrected chi connectivity index (χ0v) is 12.8. The first-order valence-electron chi connectivity index (χ1n) is 6.71. The quantitative estimate of drug-likeness (QED) is 0.904. The van der Waals surface area contributed by atoms with Gasteiger partial charge < -0.3 is 10.4 Å². The van der Waals surface area contributed by atoms with Crippen molar-refractivity contribution in [3.63, 3.8) is 0 Å². The first kappa shape index (κ1) is 15.5. The van der Waals surface area contributed by atoms with Crippen LogP contribution in [0.1, 0.15) is 25.0 Å². The van der Waals surface area contributed by atoms with Gasteiger partial charge in [-0.15, -0.1) is 0 Å². The lowest BCUT2D eigenvalue weighted by Crippen LogP contribution is -2.34. The molecule has 0 spiro atoms. The van der Waals surface area contributed by atoms with Crippen molar-refractivity contribution in [2.24, 2.45) is 0 Å². The Morgan fingerprint density at radius 1 is 1.19 bits per heavy atom. The van der Waals surface area contributed by atoms with Gasteiger partial charge in [-0.1, -0.05) is 35.9 Å². The number of amides is 1. The predicted octanol–water partition coefficient (Wildman–Crippen LogP) is 3.75. The molecule has 4 heteroatoms. The van der Waals surface area contributed by atoms with Gasteiger partial charge in [-0.3, -0.25) is 4.79 Å². The number of aliphatic hydroxyl groups excluding tert-OH is 1. The zero-order valence-electron chi connectivity index (χ0n) is 12.1. The molecule has 0 aromatic heterocycles. The summed E-state index contributed by atoms with van der Waals surface area (Å²) >= 11 is 5.88. The number of anilines is 1. The largest absolute Gasteiger partial charge is 0.392 e. The molecule has 2 aromatic carbocycles. The van der Waals surface area contributed by atoms with Gasteiger partial charge in [0, 0.05) is 10.7 Å². The van der Waals surface area contributed by atoms with E-state index >= 15 is 0 Å². The molecule has 0 aliphatic rings. The number of rotatable bonds is 4. The average Bonchev–Trinajstić information content (AvgIpc) is 2.48. The number of carbonyl (C=O) groups is 1. The molecule has 21 heavy (non-hydrogen) atoms. The van der Waals surface area contributed by atoms with Gasteiger partial charge >= 0.3 is 0 Å². The Kier molecular flexibility index (Phi) is 4.66. The summed E-state index contributed by atoms with van der Waals surface area (Å²) in [6, 6.07) is 14.4. The topological polar surface area (TPSA) is 49.3 Å². The van der Waals surface area contributed by atoms with E-state index in [0.29, 0.717) is 10.7 Å². The fraction of sp³-hybridized carbons (Fsp3) is 0.235. The summed E-state index contributed by atoms with van der Waals surface area (Å²) in [4.78, 5) is 12.5. The number of hydrogen-bond acceptors (Lipinski definition) is 2. The molecule has 0 heterocycles. The van der Waals surface area contributed by atoms with Crippen molar-refractivity contribution in [2.75, 3.05) is 5.32 Å². The van der Waals surface area contributed by atoms with Crippen LogP contribution in [-0.2, 0) is 16.8 Å². The molecule has 0 fully saturated rings.